The molecule has 0 radical (unpaired) electrons. The highest BCUT2D eigenvalue weighted by molar-refractivity contribution is 5.80. The van der Waals surface area contributed by atoms with Crippen LogP contribution in [0.5, 0.6) is 0 Å². The van der Waals surface area contributed by atoms with Crippen LogP contribution < -0.4 is 10.6 Å². The van der Waals surface area contributed by atoms with E-state index in [1.165, 1.54) is 36.9 Å². The van der Waals surface area contributed by atoms with Crippen molar-refractivity contribution in [3.8, 4) is 0 Å². The van der Waals surface area contributed by atoms with Crippen LogP contribution in [0.1, 0.15) is 56.6 Å². The monoisotopic (exact) mass is 413 g/mol. The van der Waals surface area contributed by atoms with Gasteiger partial charge in [0.05, 0.1) is 0 Å². The van der Waals surface area contributed by atoms with Crippen LogP contribution >= 0.6 is 0 Å². The van der Waals surface area contributed by atoms with Gasteiger partial charge in [0.25, 0.3) is 0 Å². The molecule has 6 heteroatoms. The molecule has 2 aliphatic heterocycles. The molecule has 30 heavy (non-hydrogen) atoms. The number of carbonyl (C=O) groups is 1. The van der Waals surface area contributed by atoms with E-state index in [-0.39, 0.29) is 5.91 Å². The van der Waals surface area contributed by atoms with Gasteiger partial charge in [-0.3, -0.25) is 14.7 Å². The highest BCUT2D eigenvalue weighted by atomic mass is 16.1. The van der Waals surface area contributed by atoms with E-state index in [0.29, 0.717) is 18.4 Å². The number of likely N-dealkylation sites (tertiary alicyclic amines) is 2. The molecular weight excluding hydrogens is 374 g/mol. The summed E-state index contributed by atoms with van der Waals surface area (Å²) in [4.78, 5) is 21.0. The van der Waals surface area contributed by atoms with Crippen molar-refractivity contribution in [2.24, 2.45) is 10.9 Å². The largest absolute Gasteiger partial charge is 0.359 e. The molecular formula is C24H39N5O. The van der Waals surface area contributed by atoms with Crippen LogP contribution in [0.25, 0.3) is 0 Å². The van der Waals surface area contributed by atoms with Gasteiger partial charge in [-0.05, 0) is 56.2 Å². The third kappa shape index (κ3) is 6.46. The lowest BCUT2D eigenvalue weighted by molar-refractivity contribution is -0.121. The van der Waals surface area contributed by atoms with Crippen molar-refractivity contribution in [3.05, 3.63) is 35.4 Å². The van der Waals surface area contributed by atoms with E-state index in [2.05, 4.69) is 56.6 Å². The molecule has 1 aromatic rings. The van der Waals surface area contributed by atoms with Gasteiger partial charge < -0.3 is 15.5 Å². The van der Waals surface area contributed by atoms with Gasteiger partial charge in [0.2, 0.25) is 5.91 Å². The predicted octanol–water partition coefficient (Wildman–Crippen LogP) is 2.98. The summed E-state index contributed by atoms with van der Waals surface area (Å²) in [5, 5.41) is 6.25. The highest BCUT2D eigenvalue weighted by Gasteiger charge is 2.23. The minimum absolute atomic E-state index is 0.147. The molecule has 0 aromatic heterocycles. The fourth-order valence-corrected chi connectivity index (χ4v) is 4.62. The number of aliphatic imine (C=N–C) groups is 1. The van der Waals surface area contributed by atoms with Crippen LogP contribution in [0.2, 0.25) is 0 Å². The Bertz CT molecular complexity index is 694. The van der Waals surface area contributed by atoms with E-state index in [1.807, 2.05) is 7.05 Å². The first kappa shape index (κ1) is 22.6. The van der Waals surface area contributed by atoms with Crippen molar-refractivity contribution in [2.45, 2.75) is 64.6 Å². The molecule has 2 fully saturated rings. The maximum Gasteiger partial charge on any atom is 0.220 e. The number of guanidine groups is 1. The zero-order valence-corrected chi connectivity index (χ0v) is 19.0. The lowest BCUT2D eigenvalue weighted by Crippen LogP contribution is -2.45. The fraction of sp³-hybridized carbons (Fsp3) is 0.667. The summed E-state index contributed by atoms with van der Waals surface area (Å²) in [5.74, 6) is 1.59. The molecule has 1 aromatic carbocycles. The van der Waals surface area contributed by atoms with Crippen molar-refractivity contribution in [2.75, 3.05) is 33.7 Å². The SMILES string of the molecule is CN=C(NCc1ccc(CN2CCCCC2C)cc1)N1CCC(CC(=O)NC)CC1. The zero-order chi connectivity index (χ0) is 21.3. The maximum absolute atomic E-state index is 11.6. The van der Waals surface area contributed by atoms with E-state index in [1.54, 1.807) is 7.05 Å². The first-order chi connectivity index (χ1) is 14.6. The normalized spacial score (nSPS) is 21.5. The first-order valence-corrected chi connectivity index (χ1v) is 11.6. The van der Waals surface area contributed by atoms with Gasteiger partial charge in [0, 0.05) is 52.7 Å². The second-order valence-electron chi connectivity index (χ2n) is 8.84. The molecule has 3 rings (SSSR count). The quantitative estimate of drug-likeness (QED) is 0.556. The van der Waals surface area contributed by atoms with Crippen LogP contribution in [0.3, 0.4) is 0 Å². The minimum Gasteiger partial charge on any atom is -0.359 e. The zero-order valence-electron chi connectivity index (χ0n) is 19.0. The second kappa shape index (κ2) is 11.3. The summed E-state index contributed by atoms with van der Waals surface area (Å²) in [7, 11) is 3.56. The molecule has 2 heterocycles. The molecule has 2 N–H and O–H groups in total. The van der Waals surface area contributed by atoms with Crippen LogP contribution in [-0.4, -0.2) is 61.4 Å². The molecule has 0 aliphatic carbocycles. The van der Waals surface area contributed by atoms with Gasteiger partial charge in [-0.15, -0.1) is 0 Å². The van der Waals surface area contributed by atoms with Crippen molar-refractivity contribution >= 4 is 11.9 Å². The Morgan fingerprint density at radius 3 is 2.40 bits per heavy atom. The summed E-state index contributed by atoms with van der Waals surface area (Å²) in [6.45, 7) is 7.32. The molecule has 2 aliphatic rings. The lowest BCUT2D eigenvalue weighted by Gasteiger charge is -2.34. The second-order valence-corrected chi connectivity index (χ2v) is 8.84. The lowest BCUT2D eigenvalue weighted by atomic mass is 9.93. The number of hydrogen-bond donors (Lipinski definition) is 2. The summed E-state index contributed by atoms with van der Waals surface area (Å²) >= 11 is 0. The van der Waals surface area contributed by atoms with Crippen molar-refractivity contribution in [3.63, 3.8) is 0 Å². The number of amides is 1. The van der Waals surface area contributed by atoms with Crippen LogP contribution in [0, 0.1) is 5.92 Å². The Morgan fingerprint density at radius 2 is 1.77 bits per heavy atom. The highest BCUT2D eigenvalue weighted by Crippen LogP contribution is 2.21. The summed E-state index contributed by atoms with van der Waals surface area (Å²) in [6.07, 6.45) is 6.74. The Morgan fingerprint density at radius 1 is 1.07 bits per heavy atom. The van der Waals surface area contributed by atoms with E-state index >= 15 is 0 Å². The van der Waals surface area contributed by atoms with E-state index in [0.717, 1.165) is 45.0 Å². The molecule has 0 spiro atoms. The van der Waals surface area contributed by atoms with Crippen molar-refractivity contribution < 1.29 is 4.79 Å². The van der Waals surface area contributed by atoms with Crippen LogP contribution in [0.15, 0.2) is 29.3 Å². The number of benzene rings is 1. The summed E-state index contributed by atoms with van der Waals surface area (Å²) < 4.78 is 0. The fourth-order valence-electron chi connectivity index (χ4n) is 4.62. The summed E-state index contributed by atoms with van der Waals surface area (Å²) in [5.41, 5.74) is 2.68. The number of nitrogens with zero attached hydrogens (tertiary/aromatic N) is 3. The first-order valence-electron chi connectivity index (χ1n) is 11.6. The summed E-state index contributed by atoms with van der Waals surface area (Å²) in [6, 6.07) is 9.71. The van der Waals surface area contributed by atoms with Crippen molar-refractivity contribution in [1.82, 2.24) is 20.4 Å². The molecule has 166 valence electrons. The molecule has 0 saturated carbocycles. The Labute approximate surface area is 182 Å². The Balaban J connectivity index is 1.44. The molecule has 2 saturated heterocycles. The molecule has 1 atom stereocenters. The van der Waals surface area contributed by atoms with Crippen LogP contribution in [-0.2, 0) is 17.9 Å². The van der Waals surface area contributed by atoms with Gasteiger partial charge in [0.15, 0.2) is 5.96 Å². The van der Waals surface area contributed by atoms with Gasteiger partial charge in [-0.1, -0.05) is 30.7 Å². The molecule has 0 bridgehead atoms. The average Bonchev–Trinajstić information content (AvgIpc) is 2.78. The smallest absolute Gasteiger partial charge is 0.220 e. The third-order valence-electron chi connectivity index (χ3n) is 6.68. The Kier molecular flexibility index (Phi) is 8.55. The number of rotatable bonds is 6. The van der Waals surface area contributed by atoms with Gasteiger partial charge in [-0.25, -0.2) is 0 Å². The van der Waals surface area contributed by atoms with Crippen molar-refractivity contribution in [1.29, 1.82) is 0 Å². The average molecular weight is 414 g/mol. The number of carbonyl (C=O) groups excluding carboxylic acids is 1. The van der Waals surface area contributed by atoms with E-state index in [9.17, 15) is 4.79 Å². The predicted molar refractivity (Wildman–Crippen MR) is 123 cm³/mol. The van der Waals surface area contributed by atoms with Gasteiger partial charge in [0.1, 0.15) is 0 Å². The minimum atomic E-state index is 0.147. The third-order valence-corrected chi connectivity index (χ3v) is 6.68. The number of hydrogen-bond acceptors (Lipinski definition) is 3. The van der Waals surface area contributed by atoms with E-state index < -0.39 is 0 Å². The van der Waals surface area contributed by atoms with Gasteiger partial charge in [-0.2, -0.15) is 0 Å². The van der Waals surface area contributed by atoms with E-state index in [4.69, 9.17) is 0 Å². The van der Waals surface area contributed by atoms with Gasteiger partial charge >= 0.3 is 0 Å². The standard InChI is InChI=1S/C24H39N5O/c1-19-6-4-5-13-29(19)18-22-9-7-21(8-10-22)17-27-24(26-3)28-14-11-20(12-15-28)16-23(30)25-2/h7-10,19-20H,4-6,11-18H2,1-3H3,(H,25,30)(H,26,27). The molecule has 1 amide bonds. The van der Waals surface area contributed by atoms with Crippen LogP contribution in [0.4, 0.5) is 0 Å². The number of piperidine rings is 2. The molecule has 6 nitrogen and oxygen atoms in total. The number of nitrogens with one attached hydrogen (secondary N) is 2. The topological polar surface area (TPSA) is 60.0 Å². The maximum atomic E-state index is 11.6. The Hall–Kier alpha value is -2.08. The molecule has 1 unspecified atom stereocenters.